The highest BCUT2D eigenvalue weighted by Crippen LogP contribution is 2.30. The van der Waals surface area contributed by atoms with E-state index in [-0.39, 0.29) is 12.3 Å². The van der Waals surface area contributed by atoms with Gasteiger partial charge in [0.25, 0.3) is 5.91 Å². The third-order valence-electron chi connectivity index (χ3n) is 3.96. The average Bonchev–Trinajstić information content (AvgIpc) is 2.83. The Morgan fingerprint density at radius 2 is 1.85 bits per heavy atom. The summed E-state index contributed by atoms with van der Waals surface area (Å²) in [6.07, 6.45) is 0. The molecule has 9 nitrogen and oxygen atoms in total. The van der Waals surface area contributed by atoms with Crippen molar-refractivity contribution in [3.05, 3.63) is 29.8 Å². The van der Waals surface area contributed by atoms with Crippen molar-refractivity contribution in [3.8, 4) is 5.75 Å². The molecule has 27 heavy (non-hydrogen) atoms. The first-order chi connectivity index (χ1) is 12.7. The molecule has 1 saturated heterocycles. The van der Waals surface area contributed by atoms with E-state index in [0.717, 1.165) is 0 Å². The molecule has 1 fully saturated rings. The normalized spacial score (nSPS) is 19.1. The molecule has 146 valence electrons. The van der Waals surface area contributed by atoms with Gasteiger partial charge >= 0.3 is 12.6 Å². The van der Waals surface area contributed by atoms with Gasteiger partial charge in [-0.15, -0.1) is 0 Å². The zero-order chi connectivity index (χ0) is 20.2. The first kappa shape index (κ1) is 20.1. The van der Waals surface area contributed by atoms with E-state index in [1.165, 1.54) is 38.2 Å². The van der Waals surface area contributed by atoms with Crippen molar-refractivity contribution in [1.82, 2.24) is 20.9 Å². The van der Waals surface area contributed by atoms with Crippen molar-refractivity contribution in [2.24, 2.45) is 0 Å². The third kappa shape index (κ3) is 4.49. The fourth-order valence-electron chi connectivity index (χ4n) is 2.47. The fourth-order valence-corrected chi connectivity index (χ4v) is 2.47. The molecule has 1 aromatic rings. The summed E-state index contributed by atoms with van der Waals surface area (Å²) in [6.45, 7) is -2.41. The predicted octanol–water partition coefficient (Wildman–Crippen LogP) is -0.0828. The second kappa shape index (κ2) is 7.98. The van der Waals surface area contributed by atoms with Crippen LogP contribution < -0.4 is 20.7 Å². The highest BCUT2D eigenvalue weighted by atomic mass is 19.3. The van der Waals surface area contributed by atoms with Crippen LogP contribution in [-0.4, -0.2) is 55.4 Å². The van der Waals surface area contributed by atoms with E-state index >= 15 is 0 Å². The van der Waals surface area contributed by atoms with Crippen LogP contribution in [0.15, 0.2) is 24.3 Å². The molecular formula is C16H18F2N4O5. The number of amides is 5. The number of ether oxygens (including phenoxy) is 1. The van der Waals surface area contributed by atoms with E-state index in [9.17, 15) is 28.0 Å². The molecule has 0 radical (unpaired) electrons. The van der Waals surface area contributed by atoms with Gasteiger partial charge in [0.2, 0.25) is 11.8 Å². The van der Waals surface area contributed by atoms with E-state index < -0.39 is 42.4 Å². The van der Waals surface area contributed by atoms with Gasteiger partial charge in [0.1, 0.15) is 17.8 Å². The van der Waals surface area contributed by atoms with Gasteiger partial charge in [-0.25, -0.2) is 4.79 Å². The monoisotopic (exact) mass is 384 g/mol. The Balaban J connectivity index is 2.09. The quantitative estimate of drug-likeness (QED) is 0.569. The topological polar surface area (TPSA) is 117 Å². The Bertz CT molecular complexity index is 756. The summed E-state index contributed by atoms with van der Waals surface area (Å²) < 4.78 is 28.7. The zero-order valence-corrected chi connectivity index (χ0v) is 14.5. The Kier molecular flexibility index (Phi) is 5.93. The number of likely N-dealkylation sites (N-methyl/N-ethyl adjacent to an activating group) is 1. The van der Waals surface area contributed by atoms with Crippen molar-refractivity contribution in [2.75, 3.05) is 20.1 Å². The minimum absolute atomic E-state index is 0.0976. The van der Waals surface area contributed by atoms with Crippen LogP contribution in [0.5, 0.6) is 5.75 Å². The van der Waals surface area contributed by atoms with Gasteiger partial charge < -0.3 is 20.7 Å². The van der Waals surface area contributed by atoms with Gasteiger partial charge in [-0.05, 0) is 24.6 Å². The summed E-state index contributed by atoms with van der Waals surface area (Å²) in [6, 6.07) is 4.43. The van der Waals surface area contributed by atoms with E-state index in [1.807, 2.05) is 0 Å². The van der Waals surface area contributed by atoms with Crippen LogP contribution in [0.3, 0.4) is 0 Å². The van der Waals surface area contributed by atoms with Crippen LogP contribution in [0.2, 0.25) is 0 Å². The van der Waals surface area contributed by atoms with Gasteiger partial charge in [-0.1, -0.05) is 12.1 Å². The average molecular weight is 384 g/mol. The molecule has 0 saturated carbocycles. The third-order valence-corrected chi connectivity index (χ3v) is 3.96. The lowest BCUT2D eigenvalue weighted by molar-refractivity contribution is -0.135. The van der Waals surface area contributed by atoms with Crippen LogP contribution in [0.1, 0.15) is 12.5 Å². The number of halogens is 2. The van der Waals surface area contributed by atoms with Gasteiger partial charge in [0, 0.05) is 7.05 Å². The lowest BCUT2D eigenvalue weighted by atomic mass is 9.92. The maximum Gasteiger partial charge on any atom is 0.387 e. The fraction of sp³-hybridized carbons (Fsp3) is 0.375. The Hall–Kier alpha value is -3.24. The molecule has 11 heteroatoms. The summed E-state index contributed by atoms with van der Waals surface area (Å²) in [7, 11) is 1.40. The van der Waals surface area contributed by atoms with Gasteiger partial charge in [0.05, 0.1) is 6.54 Å². The van der Waals surface area contributed by atoms with Gasteiger partial charge in [-0.2, -0.15) is 8.78 Å². The molecule has 1 aromatic carbocycles. The molecule has 0 unspecified atom stereocenters. The maximum absolute atomic E-state index is 12.7. The highest BCUT2D eigenvalue weighted by molar-refractivity contribution is 6.09. The number of nitrogens with one attached hydrogen (secondary N) is 3. The van der Waals surface area contributed by atoms with Crippen molar-refractivity contribution >= 4 is 23.8 Å². The number of alkyl halides is 2. The summed E-state index contributed by atoms with van der Waals surface area (Å²) >= 11 is 0. The molecule has 0 bridgehead atoms. The Morgan fingerprint density at radius 3 is 2.41 bits per heavy atom. The number of imide groups is 1. The molecule has 1 aliphatic heterocycles. The number of carbonyl (C=O) groups excluding carboxylic acids is 4. The molecule has 0 spiro atoms. The summed E-state index contributed by atoms with van der Waals surface area (Å²) in [5.41, 5.74) is -1.14. The van der Waals surface area contributed by atoms with Crippen LogP contribution in [-0.2, 0) is 19.9 Å². The second-order valence-electron chi connectivity index (χ2n) is 5.80. The molecule has 1 heterocycles. The summed E-state index contributed by atoms with van der Waals surface area (Å²) in [5.74, 6) is -1.91. The first-order valence-electron chi connectivity index (χ1n) is 7.84. The van der Waals surface area contributed by atoms with Crippen LogP contribution in [0, 0.1) is 0 Å². The van der Waals surface area contributed by atoms with Crippen molar-refractivity contribution in [1.29, 1.82) is 0 Å². The second-order valence-corrected chi connectivity index (χ2v) is 5.80. The number of urea groups is 1. The Morgan fingerprint density at radius 1 is 1.22 bits per heavy atom. The number of benzene rings is 1. The maximum atomic E-state index is 12.7. The predicted molar refractivity (Wildman–Crippen MR) is 87.7 cm³/mol. The van der Waals surface area contributed by atoms with Crippen molar-refractivity contribution in [2.45, 2.75) is 19.1 Å². The first-order valence-corrected chi connectivity index (χ1v) is 7.84. The number of carbonyl (C=O) groups is 4. The lowest BCUT2D eigenvalue weighted by Gasteiger charge is -2.22. The molecule has 1 atom stereocenters. The number of hydrogen-bond donors (Lipinski definition) is 3. The molecule has 0 aliphatic carbocycles. The van der Waals surface area contributed by atoms with Gasteiger partial charge in [0.15, 0.2) is 0 Å². The van der Waals surface area contributed by atoms with Gasteiger partial charge in [-0.3, -0.25) is 19.3 Å². The van der Waals surface area contributed by atoms with Crippen molar-refractivity contribution < 1.29 is 32.7 Å². The minimum Gasteiger partial charge on any atom is -0.435 e. The molecule has 3 N–H and O–H groups in total. The minimum atomic E-state index is -2.98. The van der Waals surface area contributed by atoms with Crippen molar-refractivity contribution in [3.63, 3.8) is 0 Å². The molecule has 5 amide bonds. The lowest BCUT2D eigenvalue weighted by Crippen LogP contribution is -2.44. The van der Waals surface area contributed by atoms with E-state index in [1.54, 1.807) is 0 Å². The smallest absolute Gasteiger partial charge is 0.387 e. The standard InChI is InChI=1S/C16H18F2N4O5/c1-16(9-3-5-10(6-4-9)27-14(17)18)13(25)22(15(26)21-16)8-12(24)20-7-11(23)19-2/h3-6,14H,7-8H2,1-2H3,(H,19,23)(H,20,24)(H,21,26)/t16-/m0/s1. The Labute approximate surface area is 153 Å². The van der Waals surface area contributed by atoms with Crippen LogP contribution >= 0.6 is 0 Å². The largest absolute Gasteiger partial charge is 0.435 e. The number of hydrogen-bond acceptors (Lipinski definition) is 5. The SMILES string of the molecule is CNC(=O)CNC(=O)CN1C(=O)N[C@@](C)(c2ccc(OC(F)F)cc2)C1=O. The highest BCUT2D eigenvalue weighted by Gasteiger charge is 2.49. The molecular weight excluding hydrogens is 366 g/mol. The number of nitrogens with zero attached hydrogens (tertiary/aromatic N) is 1. The molecule has 0 aromatic heterocycles. The van der Waals surface area contributed by atoms with Crippen LogP contribution in [0.25, 0.3) is 0 Å². The summed E-state index contributed by atoms with van der Waals surface area (Å²) in [4.78, 5) is 48.5. The molecule has 1 aliphatic rings. The zero-order valence-electron chi connectivity index (χ0n) is 14.5. The van der Waals surface area contributed by atoms with Crippen LogP contribution in [0.4, 0.5) is 13.6 Å². The van der Waals surface area contributed by atoms with E-state index in [4.69, 9.17) is 0 Å². The number of rotatable bonds is 7. The summed E-state index contributed by atoms with van der Waals surface area (Å²) in [5, 5.41) is 7.07. The van der Waals surface area contributed by atoms with E-state index in [2.05, 4.69) is 20.7 Å². The molecule has 2 rings (SSSR count). The van der Waals surface area contributed by atoms with E-state index in [0.29, 0.717) is 10.5 Å².